The molecule has 1 aromatic heterocycles. The Morgan fingerprint density at radius 2 is 1.74 bits per heavy atom. The van der Waals surface area contributed by atoms with Gasteiger partial charge in [-0.1, -0.05) is 42.5 Å². The van der Waals surface area contributed by atoms with Crippen LogP contribution in [0.15, 0.2) is 71.7 Å². The molecule has 134 valence electrons. The van der Waals surface area contributed by atoms with Crippen LogP contribution in [0.5, 0.6) is 0 Å². The quantitative estimate of drug-likeness (QED) is 0.780. The molecule has 27 heavy (non-hydrogen) atoms. The van der Waals surface area contributed by atoms with Crippen molar-refractivity contribution in [3.05, 3.63) is 77.9 Å². The summed E-state index contributed by atoms with van der Waals surface area (Å²) in [5, 5.41) is 2.95. The third kappa shape index (κ3) is 3.44. The second kappa shape index (κ2) is 7.03. The fourth-order valence-electron chi connectivity index (χ4n) is 3.11. The topological polar surface area (TPSA) is 57.6 Å². The first kappa shape index (κ1) is 17.0. The molecule has 0 radical (unpaired) electrons. The summed E-state index contributed by atoms with van der Waals surface area (Å²) in [5.41, 5.74) is 5.34. The van der Waals surface area contributed by atoms with E-state index in [1.807, 2.05) is 79.7 Å². The molecule has 0 saturated heterocycles. The lowest BCUT2D eigenvalue weighted by atomic mass is 9.97. The van der Waals surface area contributed by atoms with Crippen molar-refractivity contribution in [2.75, 3.05) is 30.9 Å². The lowest BCUT2D eigenvalue weighted by Crippen LogP contribution is -2.13. The summed E-state index contributed by atoms with van der Waals surface area (Å²) in [5.74, 6) is 0.787. The fourth-order valence-corrected chi connectivity index (χ4v) is 3.11. The number of carbonyl (C=O) groups is 1. The van der Waals surface area contributed by atoms with Crippen LogP contribution in [0.1, 0.15) is 11.1 Å². The molecule has 1 aliphatic heterocycles. The standard InChI is InChI=1S/C22H20N4O/c1-26(2)20-10-6-9-18(24-20)16-11-12-19-17(13-16)22(23-14-21(27)25-19)15-7-4-3-5-8-15/h3-13H,14H2,1-2H3,(H,25,27). The van der Waals surface area contributed by atoms with Gasteiger partial charge in [-0.3, -0.25) is 9.79 Å². The second-order valence-electron chi connectivity index (χ2n) is 6.61. The van der Waals surface area contributed by atoms with E-state index in [1.54, 1.807) is 0 Å². The number of nitrogens with zero attached hydrogens (tertiary/aromatic N) is 3. The highest BCUT2D eigenvalue weighted by atomic mass is 16.1. The van der Waals surface area contributed by atoms with Crippen LogP contribution in [0.3, 0.4) is 0 Å². The molecule has 2 heterocycles. The zero-order valence-electron chi connectivity index (χ0n) is 15.3. The summed E-state index contributed by atoms with van der Waals surface area (Å²) in [6, 6.07) is 21.9. The third-order valence-electron chi connectivity index (χ3n) is 4.47. The Kier molecular flexibility index (Phi) is 4.42. The Hall–Kier alpha value is -3.47. The Labute approximate surface area is 158 Å². The minimum atomic E-state index is -0.109. The Morgan fingerprint density at radius 3 is 2.52 bits per heavy atom. The van der Waals surface area contributed by atoms with Gasteiger partial charge in [-0.2, -0.15) is 0 Å². The highest BCUT2D eigenvalue weighted by Gasteiger charge is 2.19. The summed E-state index contributed by atoms with van der Waals surface area (Å²) < 4.78 is 0. The summed E-state index contributed by atoms with van der Waals surface area (Å²) >= 11 is 0. The van der Waals surface area contributed by atoms with Gasteiger partial charge in [0.05, 0.1) is 17.1 Å². The van der Waals surface area contributed by atoms with E-state index in [1.165, 1.54) is 0 Å². The smallest absolute Gasteiger partial charge is 0.246 e. The third-order valence-corrected chi connectivity index (χ3v) is 4.47. The Morgan fingerprint density at radius 1 is 0.926 bits per heavy atom. The van der Waals surface area contributed by atoms with Crippen molar-refractivity contribution in [1.29, 1.82) is 0 Å². The van der Waals surface area contributed by atoms with Gasteiger partial charge in [0, 0.05) is 30.8 Å². The van der Waals surface area contributed by atoms with Gasteiger partial charge in [-0.25, -0.2) is 4.98 Å². The van der Waals surface area contributed by atoms with Crippen molar-refractivity contribution >= 4 is 23.1 Å². The number of rotatable bonds is 3. The van der Waals surface area contributed by atoms with E-state index in [-0.39, 0.29) is 12.5 Å². The second-order valence-corrected chi connectivity index (χ2v) is 6.61. The molecular weight excluding hydrogens is 336 g/mol. The zero-order chi connectivity index (χ0) is 18.8. The summed E-state index contributed by atoms with van der Waals surface area (Å²) in [7, 11) is 3.94. The molecule has 0 atom stereocenters. The van der Waals surface area contributed by atoms with Crippen molar-refractivity contribution in [3.63, 3.8) is 0 Å². The van der Waals surface area contributed by atoms with Crippen LogP contribution in [0.25, 0.3) is 11.3 Å². The zero-order valence-corrected chi connectivity index (χ0v) is 15.3. The van der Waals surface area contributed by atoms with E-state index in [0.717, 1.165) is 39.6 Å². The predicted octanol–water partition coefficient (Wildman–Crippen LogP) is 3.60. The molecule has 2 aromatic carbocycles. The van der Waals surface area contributed by atoms with Crippen molar-refractivity contribution < 1.29 is 4.79 Å². The van der Waals surface area contributed by atoms with Crippen LogP contribution < -0.4 is 10.2 Å². The summed E-state index contributed by atoms with van der Waals surface area (Å²) in [6.07, 6.45) is 0. The maximum absolute atomic E-state index is 12.1. The number of carbonyl (C=O) groups excluding carboxylic acids is 1. The van der Waals surface area contributed by atoms with Gasteiger partial charge >= 0.3 is 0 Å². The van der Waals surface area contributed by atoms with Crippen LogP contribution in [0, 0.1) is 0 Å². The number of hydrogen-bond acceptors (Lipinski definition) is 4. The molecule has 0 spiro atoms. The van der Waals surface area contributed by atoms with Gasteiger partial charge in [0.1, 0.15) is 12.4 Å². The van der Waals surface area contributed by atoms with Crippen LogP contribution >= 0.6 is 0 Å². The molecule has 0 saturated carbocycles. The van der Waals surface area contributed by atoms with Gasteiger partial charge < -0.3 is 10.2 Å². The molecular formula is C22H20N4O. The molecule has 0 fully saturated rings. The van der Waals surface area contributed by atoms with E-state index in [4.69, 9.17) is 4.98 Å². The van der Waals surface area contributed by atoms with Gasteiger partial charge in [-0.15, -0.1) is 0 Å². The molecule has 1 N–H and O–H groups in total. The maximum atomic E-state index is 12.1. The van der Waals surface area contributed by atoms with Crippen molar-refractivity contribution in [1.82, 2.24) is 4.98 Å². The Balaban J connectivity index is 1.85. The number of benzene rings is 2. The monoisotopic (exact) mass is 356 g/mol. The van der Waals surface area contributed by atoms with Gasteiger partial charge in [-0.05, 0) is 24.3 Å². The SMILES string of the molecule is CN(C)c1cccc(-c2ccc3c(c2)C(c2ccccc2)=NCC(=O)N3)n1. The summed E-state index contributed by atoms with van der Waals surface area (Å²) in [6.45, 7) is 0.114. The largest absolute Gasteiger partial charge is 0.363 e. The number of hydrogen-bond donors (Lipinski definition) is 1. The summed E-state index contributed by atoms with van der Waals surface area (Å²) in [4.78, 5) is 23.3. The van der Waals surface area contributed by atoms with Gasteiger partial charge in [0.2, 0.25) is 5.91 Å². The number of nitrogens with one attached hydrogen (secondary N) is 1. The fraction of sp³-hybridized carbons (Fsp3) is 0.136. The van der Waals surface area contributed by atoms with Crippen molar-refractivity contribution in [2.45, 2.75) is 0 Å². The van der Waals surface area contributed by atoms with Crippen LogP contribution in [-0.2, 0) is 4.79 Å². The van der Waals surface area contributed by atoms with E-state index in [2.05, 4.69) is 16.4 Å². The number of aliphatic imine (C=N–C) groups is 1. The maximum Gasteiger partial charge on any atom is 0.246 e. The highest BCUT2D eigenvalue weighted by Crippen LogP contribution is 2.29. The molecule has 0 aliphatic carbocycles. The van der Waals surface area contributed by atoms with Gasteiger partial charge in [0.25, 0.3) is 0 Å². The average molecular weight is 356 g/mol. The number of benzodiazepines with no additional fused rings is 1. The predicted molar refractivity (Wildman–Crippen MR) is 110 cm³/mol. The first-order chi connectivity index (χ1) is 13.1. The van der Waals surface area contributed by atoms with Crippen molar-refractivity contribution in [2.24, 2.45) is 4.99 Å². The number of fused-ring (bicyclic) bond motifs is 1. The minimum absolute atomic E-state index is 0.109. The van der Waals surface area contributed by atoms with Crippen LogP contribution in [0.4, 0.5) is 11.5 Å². The first-order valence-corrected chi connectivity index (χ1v) is 8.81. The lowest BCUT2D eigenvalue weighted by Gasteiger charge is -2.14. The van der Waals surface area contributed by atoms with Crippen LogP contribution in [-0.4, -0.2) is 37.2 Å². The van der Waals surface area contributed by atoms with E-state index >= 15 is 0 Å². The van der Waals surface area contributed by atoms with Crippen molar-refractivity contribution in [3.8, 4) is 11.3 Å². The lowest BCUT2D eigenvalue weighted by molar-refractivity contribution is -0.114. The number of aromatic nitrogens is 1. The molecule has 3 aromatic rings. The van der Waals surface area contributed by atoms with E-state index in [0.29, 0.717) is 0 Å². The number of amides is 1. The molecule has 5 nitrogen and oxygen atoms in total. The molecule has 1 aliphatic rings. The minimum Gasteiger partial charge on any atom is -0.363 e. The Bertz CT molecular complexity index is 1030. The van der Waals surface area contributed by atoms with E-state index in [9.17, 15) is 4.79 Å². The number of anilines is 2. The van der Waals surface area contributed by atoms with E-state index < -0.39 is 0 Å². The number of pyridine rings is 1. The normalized spacial score (nSPS) is 13.3. The van der Waals surface area contributed by atoms with Gasteiger partial charge in [0.15, 0.2) is 0 Å². The molecule has 0 bridgehead atoms. The highest BCUT2D eigenvalue weighted by molar-refractivity contribution is 6.19. The van der Waals surface area contributed by atoms with Crippen LogP contribution in [0.2, 0.25) is 0 Å². The molecule has 0 unspecified atom stereocenters. The first-order valence-electron chi connectivity index (χ1n) is 8.81. The molecule has 1 amide bonds. The average Bonchev–Trinajstić information content (AvgIpc) is 2.86. The molecule has 5 heteroatoms. The molecule has 4 rings (SSSR count).